The van der Waals surface area contributed by atoms with Gasteiger partial charge in [-0.2, -0.15) is 0 Å². The van der Waals surface area contributed by atoms with Crippen molar-refractivity contribution >= 4 is 10.0 Å². The zero-order chi connectivity index (χ0) is 9.03. The molecule has 0 radical (unpaired) electrons. The quantitative estimate of drug-likeness (QED) is 0.678. The highest BCUT2D eigenvalue weighted by molar-refractivity contribution is 7.89. The second kappa shape index (κ2) is 3.59. The molecular formula is C6H9N3O2S. The van der Waals surface area contributed by atoms with E-state index in [1.165, 1.54) is 18.6 Å². The van der Waals surface area contributed by atoms with Gasteiger partial charge in [-0.3, -0.25) is 9.97 Å². The molecule has 1 aromatic heterocycles. The van der Waals surface area contributed by atoms with E-state index in [9.17, 15) is 8.42 Å². The molecule has 0 aromatic carbocycles. The molecule has 0 atom stereocenters. The Hall–Kier alpha value is -1.01. The highest BCUT2D eigenvalue weighted by atomic mass is 32.2. The van der Waals surface area contributed by atoms with Gasteiger partial charge < -0.3 is 0 Å². The third kappa shape index (κ3) is 3.40. The SMILES string of the molecule is NS(=O)(=O)CCc1cnccn1. The van der Waals surface area contributed by atoms with E-state index < -0.39 is 10.0 Å². The summed E-state index contributed by atoms with van der Waals surface area (Å²) in [6.45, 7) is 0. The van der Waals surface area contributed by atoms with Crippen molar-refractivity contribution in [1.29, 1.82) is 0 Å². The fourth-order valence-corrected chi connectivity index (χ4v) is 1.20. The lowest BCUT2D eigenvalue weighted by molar-refractivity contribution is 0.596. The molecule has 0 saturated heterocycles. The molecule has 0 fully saturated rings. The molecular weight excluding hydrogens is 178 g/mol. The van der Waals surface area contributed by atoms with Crippen molar-refractivity contribution in [3.63, 3.8) is 0 Å². The lowest BCUT2D eigenvalue weighted by Gasteiger charge is -1.96. The predicted molar refractivity (Wildman–Crippen MR) is 43.7 cm³/mol. The topological polar surface area (TPSA) is 85.9 Å². The Morgan fingerprint density at radius 2 is 2.17 bits per heavy atom. The summed E-state index contributed by atoms with van der Waals surface area (Å²) in [5.41, 5.74) is 0.631. The number of nitrogens with two attached hydrogens (primary N) is 1. The Kier molecular flexibility index (Phi) is 2.72. The van der Waals surface area contributed by atoms with Crippen molar-refractivity contribution < 1.29 is 8.42 Å². The summed E-state index contributed by atoms with van der Waals surface area (Å²) < 4.78 is 21.1. The van der Waals surface area contributed by atoms with Gasteiger partial charge in [-0.05, 0) is 0 Å². The van der Waals surface area contributed by atoms with Crippen LogP contribution in [0.25, 0.3) is 0 Å². The van der Waals surface area contributed by atoms with Gasteiger partial charge in [0.05, 0.1) is 11.4 Å². The third-order valence-electron chi connectivity index (χ3n) is 1.26. The molecule has 66 valence electrons. The Balaban J connectivity index is 2.56. The van der Waals surface area contributed by atoms with E-state index in [1.54, 1.807) is 0 Å². The minimum absolute atomic E-state index is 0.0916. The first kappa shape index (κ1) is 9.08. The summed E-state index contributed by atoms with van der Waals surface area (Å²) in [7, 11) is -3.39. The van der Waals surface area contributed by atoms with E-state index in [2.05, 4.69) is 9.97 Å². The van der Waals surface area contributed by atoms with Gasteiger partial charge >= 0.3 is 0 Å². The molecule has 1 heterocycles. The number of hydrogen-bond acceptors (Lipinski definition) is 4. The van der Waals surface area contributed by atoms with Crippen LogP contribution in [0.1, 0.15) is 5.69 Å². The van der Waals surface area contributed by atoms with Crippen molar-refractivity contribution in [3.05, 3.63) is 24.3 Å². The van der Waals surface area contributed by atoms with Gasteiger partial charge in [0.2, 0.25) is 10.0 Å². The first-order valence-electron chi connectivity index (χ1n) is 3.33. The van der Waals surface area contributed by atoms with Crippen LogP contribution >= 0.6 is 0 Å². The van der Waals surface area contributed by atoms with Crippen molar-refractivity contribution in [3.8, 4) is 0 Å². The maximum absolute atomic E-state index is 10.5. The molecule has 0 spiro atoms. The number of rotatable bonds is 3. The minimum atomic E-state index is -3.39. The number of sulfonamides is 1. The Morgan fingerprint density at radius 3 is 2.67 bits per heavy atom. The normalized spacial score (nSPS) is 11.4. The van der Waals surface area contributed by atoms with E-state index in [4.69, 9.17) is 5.14 Å². The van der Waals surface area contributed by atoms with Gasteiger partial charge in [-0.15, -0.1) is 0 Å². The largest absolute Gasteiger partial charge is 0.261 e. The molecule has 0 aliphatic rings. The molecule has 0 saturated carbocycles. The number of hydrogen-bond donors (Lipinski definition) is 1. The lowest BCUT2D eigenvalue weighted by Crippen LogP contribution is -2.18. The average Bonchev–Trinajstić information content (AvgIpc) is 2.02. The monoisotopic (exact) mass is 187 g/mol. The molecule has 0 amide bonds. The highest BCUT2D eigenvalue weighted by Crippen LogP contribution is 1.93. The first-order chi connectivity index (χ1) is 5.58. The van der Waals surface area contributed by atoms with Gasteiger partial charge in [-0.25, -0.2) is 13.6 Å². The standard InChI is InChI=1S/C6H9N3O2S/c7-12(10,11)4-1-6-5-8-2-3-9-6/h2-3,5H,1,4H2,(H2,7,10,11). The number of aromatic nitrogens is 2. The van der Waals surface area contributed by atoms with E-state index >= 15 is 0 Å². The molecule has 0 bridgehead atoms. The molecule has 1 rings (SSSR count). The van der Waals surface area contributed by atoms with Crippen molar-refractivity contribution in [2.24, 2.45) is 5.14 Å². The van der Waals surface area contributed by atoms with Crippen LogP contribution in [0.5, 0.6) is 0 Å². The van der Waals surface area contributed by atoms with Gasteiger partial charge in [0.1, 0.15) is 0 Å². The summed E-state index contributed by atoms with van der Waals surface area (Å²) in [5, 5.41) is 4.81. The van der Waals surface area contributed by atoms with E-state index in [0.29, 0.717) is 12.1 Å². The highest BCUT2D eigenvalue weighted by Gasteiger charge is 2.03. The minimum Gasteiger partial charge on any atom is -0.261 e. The second-order valence-corrected chi connectivity index (χ2v) is 4.05. The molecule has 0 unspecified atom stereocenters. The van der Waals surface area contributed by atoms with Gasteiger partial charge in [-0.1, -0.05) is 0 Å². The smallest absolute Gasteiger partial charge is 0.209 e. The van der Waals surface area contributed by atoms with E-state index in [1.807, 2.05) is 0 Å². The maximum Gasteiger partial charge on any atom is 0.209 e. The van der Waals surface area contributed by atoms with Crippen LogP contribution in [0.2, 0.25) is 0 Å². The van der Waals surface area contributed by atoms with Crippen LogP contribution in [0.3, 0.4) is 0 Å². The molecule has 5 nitrogen and oxygen atoms in total. The zero-order valence-electron chi connectivity index (χ0n) is 6.34. The molecule has 6 heteroatoms. The van der Waals surface area contributed by atoms with Crippen LogP contribution in [0.15, 0.2) is 18.6 Å². The Labute approximate surface area is 70.7 Å². The van der Waals surface area contributed by atoms with Gasteiger partial charge in [0.25, 0.3) is 0 Å². The summed E-state index contributed by atoms with van der Waals surface area (Å²) in [5.74, 6) is -0.0916. The van der Waals surface area contributed by atoms with Crippen LogP contribution in [0, 0.1) is 0 Å². The number of nitrogens with zero attached hydrogens (tertiary/aromatic N) is 2. The van der Waals surface area contributed by atoms with Crippen molar-refractivity contribution in [2.45, 2.75) is 6.42 Å². The Morgan fingerprint density at radius 1 is 1.42 bits per heavy atom. The third-order valence-corrected chi connectivity index (χ3v) is 2.03. The van der Waals surface area contributed by atoms with E-state index in [0.717, 1.165) is 0 Å². The second-order valence-electron chi connectivity index (χ2n) is 2.31. The molecule has 0 aliphatic carbocycles. The molecule has 0 aliphatic heterocycles. The average molecular weight is 187 g/mol. The summed E-state index contributed by atoms with van der Waals surface area (Å²) in [6, 6.07) is 0. The number of aryl methyl sites for hydroxylation is 1. The fourth-order valence-electron chi connectivity index (χ4n) is 0.706. The van der Waals surface area contributed by atoms with Crippen molar-refractivity contribution in [2.75, 3.05) is 5.75 Å². The van der Waals surface area contributed by atoms with Crippen molar-refractivity contribution in [1.82, 2.24) is 9.97 Å². The molecule has 12 heavy (non-hydrogen) atoms. The van der Waals surface area contributed by atoms with Crippen LogP contribution < -0.4 is 5.14 Å². The zero-order valence-corrected chi connectivity index (χ0v) is 7.16. The van der Waals surface area contributed by atoms with Crippen LogP contribution in [0.4, 0.5) is 0 Å². The Bertz CT molecular complexity index is 335. The maximum atomic E-state index is 10.5. The van der Waals surface area contributed by atoms with Gasteiger partial charge in [0.15, 0.2) is 0 Å². The van der Waals surface area contributed by atoms with Crippen LogP contribution in [-0.4, -0.2) is 24.1 Å². The van der Waals surface area contributed by atoms with E-state index in [-0.39, 0.29) is 5.75 Å². The predicted octanol–water partition coefficient (Wildman–Crippen LogP) is -0.692. The summed E-state index contributed by atoms with van der Waals surface area (Å²) in [6.07, 6.45) is 4.87. The van der Waals surface area contributed by atoms with Crippen LogP contribution in [-0.2, 0) is 16.4 Å². The van der Waals surface area contributed by atoms with Gasteiger partial charge in [0, 0.05) is 25.0 Å². The lowest BCUT2D eigenvalue weighted by atomic mass is 10.4. The molecule has 2 N–H and O–H groups in total. The fraction of sp³-hybridized carbons (Fsp3) is 0.333. The number of primary sulfonamides is 1. The first-order valence-corrected chi connectivity index (χ1v) is 5.05. The molecule has 1 aromatic rings. The summed E-state index contributed by atoms with van der Waals surface area (Å²) >= 11 is 0. The summed E-state index contributed by atoms with van der Waals surface area (Å²) in [4.78, 5) is 7.69.